The normalized spacial score (nSPS) is 21.5. The van der Waals surface area contributed by atoms with Crippen molar-refractivity contribution in [3.05, 3.63) is 102 Å². The molecule has 7 rings (SSSR count). The molecule has 4 amide bonds. The molecule has 28 heteroatoms. The van der Waals surface area contributed by atoms with E-state index in [0.29, 0.717) is 45.7 Å². The number of hydrogen-bond donors (Lipinski definition) is 2. The Kier molecular flexibility index (Phi) is 29.4. The van der Waals surface area contributed by atoms with Crippen LogP contribution in [0.5, 0.6) is 0 Å². The van der Waals surface area contributed by atoms with Crippen molar-refractivity contribution in [1.29, 1.82) is 0 Å². The lowest BCUT2D eigenvalue weighted by molar-refractivity contribution is -0.149. The molecule has 26 nitrogen and oxygen atoms in total. The number of benzene rings is 3. The summed E-state index contributed by atoms with van der Waals surface area (Å²) in [6.45, 7) is 24.4. The van der Waals surface area contributed by atoms with E-state index in [1.54, 1.807) is 83.7 Å². The maximum Gasteiger partial charge on any atom is 0.411 e. The van der Waals surface area contributed by atoms with Gasteiger partial charge in [-0.25, -0.2) is 40.8 Å². The van der Waals surface area contributed by atoms with E-state index in [2.05, 4.69) is 10.6 Å². The van der Waals surface area contributed by atoms with Crippen LogP contribution in [0.2, 0.25) is 0 Å². The molecular formula is C63H92N6O20S2. The van der Waals surface area contributed by atoms with Crippen molar-refractivity contribution in [3.8, 4) is 0 Å². The molecule has 2 N–H and O–H groups in total. The van der Waals surface area contributed by atoms with Gasteiger partial charge in [0, 0.05) is 39.3 Å². The average Bonchev–Trinajstić information content (AvgIpc) is 1.73. The van der Waals surface area contributed by atoms with Crippen LogP contribution < -0.4 is 10.6 Å². The van der Waals surface area contributed by atoms with Gasteiger partial charge in [-0.2, -0.15) is 8.61 Å². The predicted octanol–water partition coefficient (Wildman–Crippen LogP) is 7.29. The number of nitrogens with one attached hydrogen (secondary N) is 2. The Labute approximate surface area is 535 Å². The summed E-state index contributed by atoms with van der Waals surface area (Å²) in [4.78, 5) is 99.8. The molecule has 4 heterocycles. The molecule has 3 aromatic carbocycles. The number of likely N-dealkylation sites (tertiary alicyclic amines) is 2. The molecule has 8 atom stereocenters. The molecule has 506 valence electrons. The number of hydrogen-bond acceptors (Lipinski definition) is 20. The zero-order valence-electron chi connectivity index (χ0n) is 54.4. The van der Waals surface area contributed by atoms with Crippen LogP contribution in [0.1, 0.15) is 107 Å². The first kappa shape index (κ1) is 75.9. The lowest BCUT2D eigenvalue weighted by Gasteiger charge is -2.29. The molecule has 0 radical (unpaired) electrons. The minimum Gasteiger partial charge on any atom is -0.466 e. The van der Waals surface area contributed by atoms with Gasteiger partial charge in [-0.15, -0.1) is 0 Å². The molecular weight excluding hydrogens is 1220 g/mol. The molecule has 4 fully saturated rings. The predicted molar refractivity (Wildman–Crippen MR) is 333 cm³/mol. The van der Waals surface area contributed by atoms with Gasteiger partial charge in [0.25, 0.3) is 0 Å². The smallest absolute Gasteiger partial charge is 0.411 e. The topological polar surface area (TPSA) is 316 Å². The third-order valence-electron chi connectivity index (χ3n) is 14.3. The van der Waals surface area contributed by atoms with E-state index in [9.17, 15) is 55.2 Å². The molecule has 0 spiro atoms. The standard InChI is InChI=1S/C20H28N2O6.C16H22N2O6S.C14H19NO4S.C13H23NO4/c1-5-26-17(23)16-15(11-12-22(16)19(25)28-20(2,3)4)21-18(24)27-13-14-9-7-6-8-10-14;1-3-23-15(19)14-13(9-10-18(14)25(2,21)22)17-16(20)24-11-12-7-5-4-6-8-12;1-3-19-14(16)13-10-15(9-11(13)2)20(17,18)12-7-5-4-6-8-12;1-6-17-11(15)10-8-14(7-9(10)2)12(16)18-13(3,4)5/h6-10,15-16H,5,11-13H2,1-4H3,(H,21,24);4-8,13-14H,3,9-11H2,1-2H3,(H,17,20);4-8,11,13H,3,9-10H2,1-2H3;9-10H,6-8H2,1-5H3/t15-,16-;13-,14-;11-,13-;9-,10-/m1111/s1. The maximum absolute atomic E-state index is 12.5. The van der Waals surface area contributed by atoms with Crippen molar-refractivity contribution in [2.45, 2.75) is 149 Å². The van der Waals surface area contributed by atoms with Crippen molar-refractivity contribution >= 4 is 68.3 Å². The molecule has 3 aromatic rings. The zero-order valence-corrected chi connectivity index (χ0v) is 56.1. The van der Waals surface area contributed by atoms with Crippen molar-refractivity contribution in [2.75, 3.05) is 72.0 Å². The summed E-state index contributed by atoms with van der Waals surface area (Å²) >= 11 is 0. The number of amides is 4. The van der Waals surface area contributed by atoms with Gasteiger partial charge < -0.3 is 53.4 Å². The monoisotopic (exact) mass is 1320 g/mol. The Morgan fingerprint density at radius 1 is 0.495 bits per heavy atom. The third-order valence-corrected chi connectivity index (χ3v) is 17.4. The number of nitrogens with zero attached hydrogens (tertiary/aromatic N) is 4. The number of esters is 4. The first-order valence-electron chi connectivity index (χ1n) is 30.3. The summed E-state index contributed by atoms with van der Waals surface area (Å²) < 4.78 is 92.2. The molecule has 0 unspecified atom stereocenters. The summed E-state index contributed by atoms with van der Waals surface area (Å²) in [5.41, 5.74) is 0.462. The van der Waals surface area contributed by atoms with Gasteiger partial charge in [-0.05, 0) is 117 Å². The quantitative estimate of drug-likeness (QED) is 0.0989. The Morgan fingerprint density at radius 3 is 1.34 bits per heavy atom. The first-order chi connectivity index (χ1) is 42.7. The molecule has 4 aliphatic heterocycles. The number of carbonyl (C=O) groups is 8. The average molecular weight is 1320 g/mol. The van der Waals surface area contributed by atoms with E-state index in [1.165, 1.54) is 9.21 Å². The highest BCUT2D eigenvalue weighted by atomic mass is 32.2. The number of sulfonamides is 2. The van der Waals surface area contributed by atoms with E-state index >= 15 is 0 Å². The molecule has 91 heavy (non-hydrogen) atoms. The summed E-state index contributed by atoms with van der Waals surface area (Å²) in [6, 6.07) is 23.3. The van der Waals surface area contributed by atoms with E-state index in [4.69, 9.17) is 37.9 Å². The van der Waals surface area contributed by atoms with Crippen LogP contribution in [0.4, 0.5) is 19.2 Å². The van der Waals surface area contributed by atoms with Gasteiger partial charge >= 0.3 is 48.3 Å². The van der Waals surface area contributed by atoms with Gasteiger partial charge in [0.1, 0.15) is 30.5 Å². The van der Waals surface area contributed by atoms with Gasteiger partial charge in [0.05, 0.1) is 61.5 Å². The molecule has 0 saturated carbocycles. The van der Waals surface area contributed by atoms with Crippen LogP contribution >= 0.6 is 0 Å². The van der Waals surface area contributed by atoms with Crippen molar-refractivity contribution < 1.29 is 93.1 Å². The highest BCUT2D eigenvalue weighted by Gasteiger charge is 2.48. The summed E-state index contributed by atoms with van der Waals surface area (Å²) in [7, 11) is -7.13. The summed E-state index contributed by atoms with van der Waals surface area (Å²) in [5.74, 6) is -2.35. The second kappa shape index (κ2) is 35.3. The highest BCUT2D eigenvalue weighted by molar-refractivity contribution is 7.89. The number of alkyl carbamates (subject to hydrolysis) is 2. The fourth-order valence-corrected chi connectivity index (χ4v) is 12.7. The molecule has 0 aromatic heterocycles. The van der Waals surface area contributed by atoms with Gasteiger partial charge in [-0.1, -0.05) is 92.7 Å². The maximum atomic E-state index is 12.5. The van der Waals surface area contributed by atoms with Crippen molar-refractivity contribution in [1.82, 2.24) is 29.0 Å². The molecule has 4 saturated heterocycles. The Morgan fingerprint density at radius 2 is 0.890 bits per heavy atom. The van der Waals surface area contributed by atoms with Crippen LogP contribution in [0.15, 0.2) is 95.9 Å². The van der Waals surface area contributed by atoms with Crippen LogP contribution in [0.25, 0.3) is 0 Å². The Hall–Kier alpha value is -7.56. The molecule has 0 aliphatic carbocycles. The molecule has 0 bridgehead atoms. The summed E-state index contributed by atoms with van der Waals surface area (Å²) in [6.07, 6.45) is -0.628. The third kappa shape index (κ3) is 24.2. The van der Waals surface area contributed by atoms with E-state index in [0.717, 1.165) is 21.7 Å². The highest BCUT2D eigenvalue weighted by Crippen LogP contribution is 2.31. The van der Waals surface area contributed by atoms with Crippen LogP contribution in [0, 0.1) is 23.7 Å². The second-order valence-corrected chi connectivity index (χ2v) is 27.7. The zero-order chi connectivity index (χ0) is 67.9. The van der Waals surface area contributed by atoms with Crippen LogP contribution in [-0.4, -0.2) is 191 Å². The SMILES string of the molecule is CCOC(=O)[C@@H]1CN(C(=O)OC(C)(C)C)C[C@H]1C.CCOC(=O)[C@@H]1CN(S(=O)(=O)c2ccccc2)C[C@H]1C.CCOC(=O)[C@H]1[C@H](NC(=O)OCc2ccccc2)CCN1C(=O)OC(C)(C)C.CCOC(=O)[C@H]1[C@H](NC(=O)OCc2ccccc2)CCN1S(C)(=O)=O. The van der Waals surface area contributed by atoms with Crippen LogP contribution in [0.3, 0.4) is 0 Å². The second-order valence-electron chi connectivity index (χ2n) is 23.8. The lowest BCUT2D eigenvalue weighted by atomic mass is 9.99. The Balaban J connectivity index is 0.000000263. The van der Waals surface area contributed by atoms with Crippen molar-refractivity contribution in [3.63, 3.8) is 0 Å². The van der Waals surface area contributed by atoms with E-state index in [1.807, 2.05) is 95.3 Å². The van der Waals surface area contributed by atoms with Gasteiger partial charge in [0.15, 0.2) is 6.04 Å². The van der Waals surface area contributed by atoms with E-state index in [-0.39, 0.29) is 92.7 Å². The summed E-state index contributed by atoms with van der Waals surface area (Å²) in [5, 5.41) is 5.25. The number of carbonyl (C=O) groups excluding carboxylic acids is 8. The minimum atomic E-state index is -3.60. The largest absolute Gasteiger partial charge is 0.466 e. The Bertz CT molecular complexity index is 3090. The lowest BCUT2D eigenvalue weighted by Crippen LogP contribution is -2.52. The van der Waals surface area contributed by atoms with Gasteiger partial charge in [0.2, 0.25) is 20.0 Å². The minimum absolute atomic E-state index is 0.0347. The van der Waals surface area contributed by atoms with E-state index < -0.39 is 85.6 Å². The fraction of sp³-hybridized carbons (Fsp3) is 0.587. The molecule has 4 aliphatic rings. The number of rotatable bonds is 17. The van der Waals surface area contributed by atoms with Crippen molar-refractivity contribution in [2.24, 2.45) is 23.7 Å². The van der Waals surface area contributed by atoms with Gasteiger partial charge in [-0.3, -0.25) is 19.3 Å². The fourth-order valence-electron chi connectivity index (χ4n) is 10.0. The first-order valence-corrected chi connectivity index (χ1v) is 33.6. The van der Waals surface area contributed by atoms with Crippen LogP contribution in [-0.2, 0) is 90.3 Å². The number of ether oxygens (including phenoxy) is 8.